The van der Waals surface area contributed by atoms with E-state index in [0.717, 1.165) is 44.0 Å². The van der Waals surface area contributed by atoms with Crippen molar-refractivity contribution in [3.05, 3.63) is 41.6 Å². The van der Waals surface area contributed by atoms with Crippen molar-refractivity contribution in [2.24, 2.45) is 0 Å². The minimum atomic E-state index is -0.0848. The number of hydrogen-bond donors (Lipinski definition) is 1. The van der Waals surface area contributed by atoms with Crippen molar-refractivity contribution in [1.29, 1.82) is 0 Å². The van der Waals surface area contributed by atoms with E-state index in [2.05, 4.69) is 30.1 Å². The standard InChI is InChI=1S/C17H20N6O/c1-12-20-15-14(4-7-19-17(15)24)16(21-12)23-10-8-22(9-11-23)13-2-5-18-6-3-13/h2-3,5-6H,4,7-11H2,1H3,(H,19,24). The fourth-order valence-electron chi connectivity index (χ4n) is 3.38. The Balaban J connectivity index is 1.57. The van der Waals surface area contributed by atoms with Gasteiger partial charge in [-0.15, -0.1) is 0 Å². The maximum Gasteiger partial charge on any atom is 0.270 e. The SMILES string of the molecule is Cc1nc2c(c(N3CCN(c4ccncc4)CC3)n1)CCNC2=O. The van der Waals surface area contributed by atoms with E-state index >= 15 is 0 Å². The molecule has 4 heterocycles. The van der Waals surface area contributed by atoms with Crippen LogP contribution in [0.3, 0.4) is 0 Å². The van der Waals surface area contributed by atoms with Gasteiger partial charge < -0.3 is 15.1 Å². The summed E-state index contributed by atoms with van der Waals surface area (Å²) in [6.45, 7) is 6.11. The first kappa shape index (κ1) is 14.9. The summed E-state index contributed by atoms with van der Waals surface area (Å²) in [7, 11) is 0. The average Bonchev–Trinajstić information content (AvgIpc) is 2.63. The van der Waals surface area contributed by atoms with E-state index in [9.17, 15) is 4.79 Å². The highest BCUT2D eigenvalue weighted by molar-refractivity contribution is 5.96. The zero-order valence-electron chi connectivity index (χ0n) is 13.7. The van der Waals surface area contributed by atoms with Crippen LogP contribution in [0.4, 0.5) is 11.5 Å². The number of piperazine rings is 1. The number of rotatable bonds is 2. The van der Waals surface area contributed by atoms with Gasteiger partial charge in [-0.05, 0) is 25.5 Å². The van der Waals surface area contributed by atoms with Crippen LogP contribution < -0.4 is 15.1 Å². The molecule has 0 saturated carbocycles. The molecule has 7 heteroatoms. The topological polar surface area (TPSA) is 74.2 Å². The molecule has 2 aliphatic heterocycles. The lowest BCUT2D eigenvalue weighted by molar-refractivity contribution is 0.0940. The van der Waals surface area contributed by atoms with Gasteiger partial charge in [0.15, 0.2) is 0 Å². The molecule has 2 aliphatic rings. The number of hydrogen-bond acceptors (Lipinski definition) is 6. The molecule has 0 atom stereocenters. The van der Waals surface area contributed by atoms with Crippen molar-refractivity contribution in [3.63, 3.8) is 0 Å². The molecule has 0 radical (unpaired) electrons. The van der Waals surface area contributed by atoms with Crippen LogP contribution >= 0.6 is 0 Å². The maximum absolute atomic E-state index is 12.1. The summed E-state index contributed by atoms with van der Waals surface area (Å²) in [6.07, 6.45) is 4.44. The summed E-state index contributed by atoms with van der Waals surface area (Å²) in [5, 5.41) is 2.86. The second-order valence-corrected chi connectivity index (χ2v) is 6.11. The third-order valence-electron chi connectivity index (χ3n) is 4.58. The summed E-state index contributed by atoms with van der Waals surface area (Å²) in [4.78, 5) is 29.8. The van der Waals surface area contributed by atoms with Crippen LogP contribution in [-0.4, -0.2) is 53.6 Å². The zero-order chi connectivity index (χ0) is 16.5. The maximum atomic E-state index is 12.1. The van der Waals surface area contributed by atoms with E-state index < -0.39 is 0 Å². The number of carbonyl (C=O) groups excluding carboxylic acids is 1. The molecule has 1 saturated heterocycles. The number of fused-ring (bicyclic) bond motifs is 1. The highest BCUT2D eigenvalue weighted by Crippen LogP contribution is 2.25. The molecule has 1 N–H and O–H groups in total. The molecule has 124 valence electrons. The molecule has 0 unspecified atom stereocenters. The lowest BCUT2D eigenvalue weighted by Crippen LogP contribution is -2.48. The Morgan fingerprint density at radius 2 is 1.75 bits per heavy atom. The monoisotopic (exact) mass is 324 g/mol. The summed E-state index contributed by atoms with van der Waals surface area (Å²) in [5.74, 6) is 1.50. The first-order chi connectivity index (χ1) is 11.7. The molecule has 2 aromatic heterocycles. The van der Waals surface area contributed by atoms with E-state index in [-0.39, 0.29) is 5.91 Å². The highest BCUT2D eigenvalue weighted by Gasteiger charge is 2.27. The summed E-state index contributed by atoms with van der Waals surface area (Å²) in [6, 6.07) is 4.08. The molecular weight excluding hydrogens is 304 g/mol. The predicted octanol–water partition coefficient (Wildman–Crippen LogP) is 0.793. The Hall–Kier alpha value is -2.70. The minimum absolute atomic E-state index is 0.0848. The van der Waals surface area contributed by atoms with Gasteiger partial charge in [-0.1, -0.05) is 0 Å². The Morgan fingerprint density at radius 3 is 2.50 bits per heavy atom. The normalized spacial score (nSPS) is 17.5. The molecule has 2 aromatic rings. The second kappa shape index (κ2) is 6.07. The summed E-state index contributed by atoms with van der Waals surface area (Å²) >= 11 is 0. The number of nitrogens with one attached hydrogen (secondary N) is 1. The first-order valence-electron chi connectivity index (χ1n) is 8.28. The summed E-state index contributed by atoms with van der Waals surface area (Å²) < 4.78 is 0. The highest BCUT2D eigenvalue weighted by atomic mass is 16.1. The van der Waals surface area contributed by atoms with Gasteiger partial charge in [0.05, 0.1) is 0 Å². The summed E-state index contributed by atoms with van der Waals surface area (Å²) in [5.41, 5.74) is 2.73. The Bertz CT molecular complexity index is 755. The zero-order valence-corrected chi connectivity index (χ0v) is 13.7. The van der Waals surface area contributed by atoms with Crippen LogP contribution in [-0.2, 0) is 6.42 Å². The molecule has 1 fully saturated rings. The Labute approximate surface area is 140 Å². The Kier molecular flexibility index (Phi) is 3.76. The van der Waals surface area contributed by atoms with Crippen LogP contribution in [0.5, 0.6) is 0 Å². The number of anilines is 2. The van der Waals surface area contributed by atoms with E-state index in [1.165, 1.54) is 5.69 Å². The molecule has 0 bridgehead atoms. The fourth-order valence-corrected chi connectivity index (χ4v) is 3.38. The number of pyridine rings is 1. The predicted molar refractivity (Wildman–Crippen MR) is 91.5 cm³/mol. The average molecular weight is 324 g/mol. The Morgan fingerprint density at radius 1 is 1.04 bits per heavy atom. The fraction of sp³-hybridized carbons (Fsp3) is 0.412. The third-order valence-corrected chi connectivity index (χ3v) is 4.58. The number of amides is 1. The quantitative estimate of drug-likeness (QED) is 0.880. The largest absolute Gasteiger partial charge is 0.368 e. The molecule has 4 rings (SSSR count). The third kappa shape index (κ3) is 2.66. The first-order valence-corrected chi connectivity index (χ1v) is 8.28. The number of aromatic nitrogens is 3. The molecular formula is C17H20N6O. The van der Waals surface area contributed by atoms with Crippen molar-refractivity contribution in [2.75, 3.05) is 42.5 Å². The smallest absolute Gasteiger partial charge is 0.270 e. The van der Waals surface area contributed by atoms with Crippen LogP contribution in [0.25, 0.3) is 0 Å². The van der Waals surface area contributed by atoms with Gasteiger partial charge in [0, 0.05) is 56.4 Å². The van der Waals surface area contributed by atoms with Crippen molar-refractivity contribution in [1.82, 2.24) is 20.3 Å². The number of aryl methyl sites for hydroxylation is 1. The van der Waals surface area contributed by atoms with Gasteiger partial charge in [0.2, 0.25) is 0 Å². The van der Waals surface area contributed by atoms with Crippen molar-refractivity contribution in [2.45, 2.75) is 13.3 Å². The van der Waals surface area contributed by atoms with Crippen molar-refractivity contribution in [3.8, 4) is 0 Å². The van der Waals surface area contributed by atoms with Crippen LogP contribution in [0.2, 0.25) is 0 Å². The van der Waals surface area contributed by atoms with Crippen molar-refractivity contribution >= 4 is 17.4 Å². The minimum Gasteiger partial charge on any atom is -0.368 e. The number of carbonyl (C=O) groups is 1. The lowest BCUT2D eigenvalue weighted by atomic mass is 10.1. The molecule has 7 nitrogen and oxygen atoms in total. The van der Waals surface area contributed by atoms with E-state index in [1.54, 1.807) is 0 Å². The lowest BCUT2D eigenvalue weighted by Gasteiger charge is -2.38. The molecule has 0 aromatic carbocycles. The molecule has 0 spiro atoms. The van der Waals surface area contributed by atoms with Gasteiger partial charge in [-0.2, -0.15) is 0 Å². The number of nitrogens with zero attached hydrogens (tertiary/aromatic N) is 5. The molecule has 0 aliphatic carbocycles. The molecule has 1 amide bonds. The molecule has 24 heavy (non-hydrogen) atoms. The van der Waals surface area contributed by atoms with Crippen LogP contribution in [0.1, 0.15) is 21.9 Å². The van der Waals surface area contributed by atoms with Gasteiger partial charge in [-0.3, -0.25) is 9.78 Å². The van der Waals surface area contributed by atoms with E-state index in [4.69, 9.17) is 0 Å². The second-order valence-electron chi connectivity index (χ2n) is 6.11. The van der Waals surface area contributed by atoms with Crippen molar-refractivity contribution < 1.29 is 4.79 Å². The van der Waals surface area contributed by atoms with Gasteiger partial charge in [0.1, 0.15) is 17.3 Å². The van der Waals surface area contributed by atoms with E-state index in [1.807, 2.05) is 31.5 Å². The van der Waals surface area contributed by atoms with Crippen LogP contribution in [0, 0.1) is 6.92 Å². The van der Waals surface area contributed by atoms with Crippen LogP contribution in [0.15, 0.2) is 24.5 Å². The van der Waals surface area contributed by atoms with E-state index in [0.29, 0.717) is 18.1 Å². The van der Waals surface area contributed by atoms with Gasteiger partial charge >= 0.3 is 0 Å². The van der Waals surface area contributed by atoms with Gasteiger partial charge in [0.25, 0.3) is 5.91 Å². The van der Waals surface area contributed by atoms with Gasteiger partial charge in [-0.25, -0.2) is 9.97 Å².